The zero-order valence-corrected chi connectivity index (χ0v) is 18.3. The van der Waals surface area contributed by atoms with Gasteiger partial charge in [-0.3, -0.25) is 18.8 Å². The van der Waals surface area contributed by atoms with Gasteiger partial charge in [0.15, 0.2) is 16.5 Å². The molecule has 31 heavy (non-hydrogen) atoms. The van der Waals surface area contributed by atoms with Gasteiger partial charge >= 0.3 is 5.97 Å². The Bertz CT molecular complexity index is 1150. The van der Waals surface area contributed by atoms with Crippen LogP contribution in [-0.2, 0) is 16.1 Å². The standard InChI is InChI=1S/C21H23N3O6S/c1-4-28-16-7-6-14(8-17(16)29-5-2)20(27)22-10-19(26)30-11-15-9-18(25)24-13(3)12-31-21(24)23-15/h6-9,12H,4-5,10-11H2,1-3H3,(H,22,27). The lowest BCUT2D eigenvalue weighted by Gasteiger charge is -2.12. The molecule has 3 aromatic rings. The quantitative estimate of drug-likeness (QED) is 0.504. The molecule has 0 bridgehead atoms. The summed E-state index contributed by atoms with van der Waals surface area (Å²) in [4.78, 5) is 41.4. The number of amides is 1. The molecule has 2 heterocycles. The number of hydrogen-bond donors (Lipinski definition) is 1. The Hall–Kier alpha value is -3.40. The maximum absolute atomic E-state index is 12.4. The van der Waals surface area contributed by atoms with E-state index in [4.69, 9.17) is 14.2 Å². The molecule has 1 N–H and O–H groups in total. The minimum atomic E-state index is -0.645. The van der Waals surface area contributed by atoms with Gasteiger partial charge < -0.3 is 19.5 Å². The number of aryl methyl sites for hydroxylation is 1. The van der Waals surface area contributed by atoms with Gasteiger partial charge in [-0.1, -0.05) is 0 Å². The summed E-state index contributed by atoms with van der Waals surface area (Å²) >= 11 is 1.33. The third-order valence-corrected chi connectivity index (χ3v) is 5.15. The van der Waals surface area contributed by atoms with Crippen LogP contribution in [0.1, 0.15) is 35.6 Å². The molecular formula is C21H23N3O6S. The minimum Gasteiger partial charge on any atom is -0.490 e. The summed E-state index contributed by atoms with van der Waals surface area (Å²) in [6, 6.07) is 6.12. The largest absolute Gasteiger partial charge is 0.490 e. The van der Waals surface area contributed by atoms with Crippen LogP contribution in [0, 0.1) is 6.92 Å². The fourth-order valence-corrected chi connectivity index (χ4v) is 3.72. The average Bonchev–Trinajstić information content (AvgIpc) is 3.13. The van der Waals surface area contributed by atoms with Crippen molar-refractivity contribution in [2.75, 3.05) is 19.8 Å². The van der Waals surface area contributed by atoms with Crippen LogP contribution in [0.25, 0.3) is 4.96 Å². The molecule has 9 nitrogen and oxygen atoms in total. The van der Waals surface area contributed by atoms with Crippen molar-refractivity contribution in [1.29, 1.82) is 0 Å². The van der Waals surface area contributed by atoms with Crippen molar-refractivity contribution in [1.82, 2.24) is 14.7 Å². The van der Waals surface area contributed by atoms with Gasteiger partial charge in [-0.2, -0.15) is 0 Å². The minimum absolute atomic E-state index is 0.158. The molecule has 0 unspecified atom stereocenters. The molecule has 0 aliphatic heterocycles. The first-order chi connectivity index (χ1) is 14.9. The molecular weight excluding hydrogens is 422 g/mol. The normalized spacial score (nSPS) is 10.7. The number of nitrogens with one attached hydrogen (secondary N) is 1. The van der Waals surface area contributed by atoms with E-state index < -0.39 is 11.9 Å². The summed E-state index contributed by atoms with van der Waals surface area (Å²) in [6.45, 7) is 5.91. The molecule has 0 aliphatic carbocycles. The number of ether oxygens (including phenoxy) is 3. The third-order valence-electron chi connectivity index (χ3n) is 4.21. The molecule has 3 rings (SSSR count). The molecule has 0 saturated carbocycles. The van der Waals surface area contributed by atoms with E-state index in [1.807, 2.05) is 26.2 Å². The molecule has 0 spiro atoms. The fourth-order valence-electron chi connectivity index (χ4n) is 2.83. The van der Waals surface area contributed by atoms with Crippen LogP contribution >= 0.6 is 11.3 Å². The predicted molar refractivity (Wildman–Crippen MR) is 115 cm³/mol. The first kappa shape index (κ1) is 22.3. The lowest BCUT2D eigenvalue weighted by atomic mass is 10.2. The van der Waals surface area contributed by atoms with Crippen molar-refractivity contribution in [3.05, 3.63) is 57.0 Å². The predicted octanol–water partition coefficient (Wildman–Crippen LogP) is 2.34. The molecule has 10 heteroatoms. The lowest BCUT2D eigenvalue weighted by Crippen LogP contribution is -2.30. The molecule has 0 saturated heterocycles. The Balaban J connectivity index is 1.56. The average molecular weight is 445 g/mol. The summed E-state index contributed by atoms with van der Waals surface area (Å²) < 4.78 is 17.6. The van der Waals surface area contributed by atoms with E-state index in [2.05, 4.69) is 10.3 Å². The molecule has 2 aromatic heterocycles. The molecule has 0 fully saturated rings. The van der Waals surface area contributed by atoms with E-state index >= 15 is 0 Å². The first-order valence-corrected chi connectivity index (χ1v) is 10.6. The highest BCUT2D eigenvalue weighted by Crippen LogP contribution is 2.28. The van der Waals surface area contributed by atoms with Crippen LogP contribution in [0.4, 0.5) is 0 Å². The summed E-state index contributed by atoms with van der Waals surface area (Å²) in [5.41, 5.74) is 1.24. The van der Waals surface area contributed by atoms with Gasteiger partial charge in [-0.25, -0.2) is 4.98 Å². The van der Waals surface area contributed by atoms with Crippen molar-refractivity contribution >= 4 is 28.2 Å². The summed E-state index contributed by atoms with van der Waals surface area (Å²) in [5.74, 6) is -0.0979. The Morgan fingerprint density at radius 1 is 1.13 bits per heavy atom. The lowest BCUT2D eigenvalue weighted by molar-refractivity contribution is -0.143. The monoisotopic (exact) mass is 445 g/mol. The van der Waals surface area contributed by atoms with Gasteiger partial charge in [-0.05, 0) is 39.0 Å². The summed E-state index contributed by atoms with van der Waals surface area (Å²) in [6.07, 6.45) is 0. The number of aromatic nitrogens is 2. The number of esters is 1. The third kappa shape index (κ3) is 5.40. The van der Waals surface area contributed by atoms with Crippen LogP contribution in [0.3, 0.4) is 0 Å². The van der Waals surface area contributed by atoms with Crippen molar-refractivity contribution in [3.8, 4) is 11.5 Å². The first-order valence-electron chi connectivity index (χ1n) is 9.73. The van der Waals surface area contributed by atoms with Gasteiger partial charge in [0.1, 0.15) is 13.2 Å². The van der Waals surface area contributed by atoms with E-state index in [1.54, 1.807) is 18.2 Å². The fraction of sp³-hybridized carbons (Fsp3) is 0.333. The number of thiazole rings is 1. The van der Waals surface area contributed by atoms with E-state index in [9.17, 15) is 14.4 Å². The highest BCUT2D eigenvalue weighted by atomic mass is 32.1. The van der Waals surface area contributed by atoms with E-state index in [1.165, 1.54) is 21.8 Å². The topological polar surface area (TPSA) is 108 Å². The number of rotatable bonds is 9. The SMILES string of the molecule is CCOc1ccc(C(=O)NCC(=O)OCc2cc(=O)n3c(C)csc3n2)cc1OCC. The second-order valence-electron chi connectivity index (χ2n) is 6.45. The number of benzene rings is 1. The van der Waals surface area contributed by atoms with Crippen molar-refractivity contribution in [2.24, 2.45) is 0 Å². The zero-order valence-electron chi connectivity index (χ0n) is 17.5. The molecule has 0 radical (unpaired) electrons. The van der Waals surface area contributed by atoms with Crippen LogP contribution in [0.2, 0.25) is 0 Å². The molecule has 1 aromatic carbocycles. The Kier molecular flexibility index (Phi) is 7.24. The van der Waals surface area contributed by atoms with Crippen LogP contribution in [0.15, 0.2) is 34.4 Å². The van der Waals surface area contributed by atoms with Gasteiger partial charge in [0.25, 0.3) is 11.5 Å². The zero-order chi connectivity index (χ0) is 22.4. The van der Waals surface area contributed by atoms with Crippen molar-refractivity contribution < 1.29 is 23.8 Å². The molecule has 1 amide bonds. The van der Waals surface area contributed by atoms with Crippen LogP contribution < -0.4 is 20.3 Å². The van der Waals surface area contributed by atoms with Crippen molar-refractivity contribution in [3.63, 3.8) is 0 Å². The second-order valence-corrected chi connectivity index (χ2v) is 7.29. The molecule has 0 aliphatic rings. The Morgan fingerprint density at radius 3 is 2.61 bits per heavy atom. The van der Waals surface area contributed by atoms with E-state index in [0.717, 1.165) is 5.69 Å². The highest BCUT2D eigenvalue weighted by Gasteiger charge is 2.14. The second kappa shape index (κ2) is 10.1. The smallest absolute Gasteiger partial charge is 0.325 e. The van der Waals surface area contributed by atoms with Gasteiger partial charge in [0, 0.05) is 22.7 Å². The number of carbonyl (C=O) groups is 2. The Morgan fingerprint density at radius 2 is 1.87 bits per heavy atom. The van der Waals surface area contributed by atoms with Crippen LogP contribution in [0.5, 0.6) is 11.5 Å². The van der Waals surface area contributed by atoms with E-state index in [-0.39, 0.29) is 18.7 Å². The van der Waals surface area contributed by atoms with Gasteiger partial charge in [0.2, 0.25) is 0 Å². The summed E-state index contributed by atoms with van der Waals surface area (Å²) in [5, 5.41) is 4.33. The summed E-state index contributed by atoms with van der Waals surface area (Å²) in [7, 11) is 0. The number of fused-ring (bicyclic) bond motifs is 1. The Labute approximate surface area is 182 Å². The number of carbonyl (C=O) groups excluding carboxylic acids is 2. The van der Waals surface area contributed by atoms with Gasteiger partial charge in [0.05, 0.1) is 18.9 Å². The maximum atomic E-state index is 12.4. The number of hydrogen-bond acceptors (Lipinski definition) is 8. The maximum Gasteiger partial charge on any atom is 0.325 e. The number of nitrogens with zero attached hydrogens (tertiary/aromatic N) is 2. The van der Waals surface area contributed by atoms with Crippen LogP contribution in [-0.4, -0.2) is 41.0 Å². The molecule has 0 atom stereocenters. The van der Waals surface area contributed by atoms with Gasteiger partial charge in [-0.15, -0.1) is 11.3 Å². The highest BCUT2D eigenvalue weighted by molar-refractivity contribution is 7.15. The van der Waals surface area contributed by atoms with Crippen molar-refractivity contribution in [2.45, 2.75) is 27.4 Å². The molecule has 164 valence electrons. The van der Waals surface area contributed by atoms with E-state index in [0.29, 0.717) is 40.9 Å².